The summed E-state index contributed by atoms with van der Waals surface area (Å²) in [6.07, 6.45) is 1.88. The van der Waals surface area contributed by atoms with Crippen LogP contribution >= 0.6 is 11.3 Å². The highest BCUT2D eigenvalue weighted by Gasteiger charge is 2.16. The molecule has 0 aliphatic carbocycles. The van der Waals surface area contributed by atoms with Gasteiger partial charge < -0.3 is 5.32 Å². The molecule has 1 aromatic carbocycles. The van der Waals surface area contributed by atoms with Gasteiger partial charge in [-0.2, -0.15) is 0 Å². The SMILES string of the molecule is CCC[C@H](NC(=O)c1csc(C(C)=O)c1)c1ccccc1. The Morgan fingerprint density at radius 1 is 1.24 bits per heavy atom. The normalized spacial score (nSPS) is 11.9. The van der Waals surface area contributed by atoms with Crippen molar-refractivity contribution >= 4 is 23.0 Å². The van der Waals surface area contributed by atoms with E-state index in [2.05, 4.69) is 12.2 Å². The van der Waals surface area contributed by atoms with Gasteiger partial charge in [0.2, 0.25) is 0 Å². The number of benzene rings is 1. The van der Waals surface area contributed by atoms with Gasteiger partial charge in [0, 0.05) is 5.38 Å². The van der Waals surface area contributed by atoms with E-state index >= 15 is 0 Å². The zero-order valence-electron chi connectivity index (χ0n) is 12.3. The Hall–Kier alpha value is -1.94. The molecule has 2 rings (SSSR count). The minimum Gasteiger partial charge on any atom is -0.345 e. The van der Waals surface area contributed by atoms with Crippen molar-refractivity contribution in [2.24, 2.45) is 0 Å². The first kappa shape index (κ1) is 15.4. The maximum atomic E-state index is 12.3. The van der Waals surface area contributed by atoms with Gasteiger partial charge in [-0.3, -0.25) is 9.59 Å². The number of amides is 1. The fourth-order valence-electron chi connectivity index (χ4n) is 2.18. The summed E-state index contributed by atoms with van der Waals surface area (Å²) in [6, 6.07) is 11.6. The molecule has 1 N–H and O–H groups in total. The first-order valence-electron chi connectivity index (χ1n) is 7.07. The zero-order chi connectivity index (χ0) is 15.2. The summed E-state index contributed by atoms with van der Waals surface area (Å²) in [4.78, 5) is 24.2. The van der Waals surface area contributed by atoms with E-state index in [-0.39, 0.29) is 17.7 Å². The van der Waals surface area contributed by atoms with Crippen molar-refractivity contribution in [3.05, 3.63) is 57.8 Å². The summed E-state index contributed by atoms with van der Waals surface area (Å²) >= 11 is 1.31. The lowest BCUT2D eigenvalue weighted by Gasteiger charge is -2.18. The van der Waals surface area contributed by atoms with Crippen molar-refractivity contribution in [3.8, 4) is 0 Å². The van der Waals surface area contributed by atoms with E-state index in [1.54, 1.807) is 11.4 Å². The van der Waals surface area contributed by atoms with Gasteiger partial charge in [-0.1, -0.05) is 43.7 Å². The largest absolute Gasteiger partial charge is 0.345 e. The molecule has 1 aromatic heterocycles. The van der Waals surface area contributed by atoms with Gasteiger partial charge >= 0.3 is 0 Å². The zero-order valence-corrected chi connectivity index (χ0v) is 13.1. The molecule has 0 saturated heterocycles. The highest BCUT2D eigenvalue weighted by atomic mass is 32.1. The predicted octanol–water partition coefficient (Wildman–Crippen LogP) is 4.22. The molecule has 0 saturated carbocycles. The Labute approximate surface area is 129 Å². The molecule has 0 unspecified atom stereocenters. The second-order valence-corrected chi connectivity index (χ2v) is 5.89. The van der Waals surface area contributed by atoms with Crippen LogP contribution < -0.4 is 5.32 Å². The smallest absolute Gasteiger partial charge is 0.252 e. The van der Waals surface area contributed by atoms with Gasteiger partial charge in [-0.15, -0.1) is 11.3 Å². The van der Waals surface area contributed by atoms with E-state index in [9.17, 15) is 9.59 Å². The molecule has 3 nitrogen and oxygen atoms in total. The summed E-state index contributed by atoms with van der Waals surface area (Å²) in [5, 5.41) is 4.80. The average molecular weight is 301 g/mol. The fourth-order valence-corrected chi connectivity index (χ4v) is 2.97. The van der Waals surface area contributed by atoms with E-state index in [1.165, 1.54) is 18.3 Å². The topological polar surface area (TPSA) is 46.2 Å². The lowest BCUT2D eigenvalue weighted by atomic mass is 10.0. The highest BCUT2D eigenvalue weighted by Crippen LogP contribution is 2.20. The first-order valence-corrected chi connectivity index (χ1v) is 7.95. The van der Waals surface area contributed by atoms with Crippen LogP contribution in [-0.4, -0.2) is 11.7 Å². The van der Waals surface area contributed by atoms with Crippen LogP contribution in [0.5, 0.6) is 0 Å². The number of thiophene rings is 1. The second kappa shape index (κ2) is 7.18. The number of carbonyl (C=O) groups is 2. The molecular weight excluding hydrogens is 282 g/mol. The van der Waals surface area contributed by atoms with Gasteiger partial charge in [0.25, 0.3) is 5.91 Å². The molecule has 1 amide bonds. The molecule has 0 spiro atoms. The van der Waals surface area contributed by atoms with Crippen molar-refractivity contribution in [1.29, 1.82) is 0 Å². The van der Waals surface area contributed by atoms with Crippen molar-refractivity contribution in [3.63, 3.8) is 0 Å². The summed E-state index contributed by atoms with van der Waals surface area (Å²) in [7, 11) is 0. The first-order chi connectivity index (χ1) is 10.1. The van der Waals surface area contributed by atoms with Crippen molar-refractivity contribution in [2.45, 2.75) is 32.7 Å². The molecule has 2 aromatic rings. The van der Waals surface area contributed by atoms with Crippen LogP contribution in [0.15, 0.2) is 41.8 Å². The minimum atomic E-state index is -0.124. The average Bonchev–Trinajstić information content (AvgIpc) is 2.98. The minimum absolute atomic E-state index is 0.00405. The monoisotopic (exact) mass is 301 g/mol. The quantitative estimate of drug-likeness (QED) is 0.812. The lowest BCUT2D eigenvalue weighted by molar-refractivity contribution is 0.0935. The summed E-state index contributed by atoms with van der Waals surface area (Å²) in [5.74, 6) is -0.131. The fraction of sp³-hybridized carbons (Fsp3) is 0.294. The Morgan fingerprint density at radius 3 is 2.52 bits per heavy atom. The Balaban J connectivity index is 2.12. The predicted molar refractivity (Wildman–Crippen MR) is 85.9 cm³/mol. The number of ketones is 1. The molecular formula is C17H19NO2S. The summed E-state index contributed by atoms with van der Waals surface area (Å²) < 4.78 is 0. The Kier molecular flexibility index (Phi) is 5.28. The maximum Gasteiger partial charge on any atom is 0.252 e. The van der Waals surface area contributed by atoms with Crippen LogP contribution in [0, 0.1) is 0 Å². The number of hydrogen-bond acceptors (Lipinski definition) is 3. The molecule has 0 fully saturated rings. The molecule has 1 heterocycles. The van der Waals surface area contributed by atoms with E-state index in [1.807, 2.05) is 30.3 Å². The summed E-state index contributed by atoms with van der Waals surface area (Å²) in [5.41, 5.74) is 1.66. The van der Waals surface area contributed by atoms with Crippen molar-refractivity contribution in [1.82, 2.24) is 5.32 Å². The third kappa shape index (κ3) is 4.02. The van der Waals surface area contributed by atoms with Crippen LogP contribution in [0.4, 0.5) is 0 Å². The Morgan fingerprint density at radius 2 is 1.95 bits per heavy atom. The molecule has 0 aliphatic rings. The molecule has 110 valence electrons. The number of hydrogen-bond donors (Lipinski definition) is 1. The van der Waals surface area contributed by atoms with Crippen LogP contribution in [0.1, 0.15) is 58.3 Å². The van der Waals surface area contributed by atoms with Crippen LogP contribution in [0.2, 0.25) is 0 Å². The van der Waals surface area contributed by atoms with Crippen LogP contribution in [0.25, 0.3) is 0 Å². The van der Waals surface area contributed by atoms with E-state index < -0.39 is 0 Å². The van der Waals surface area contributed by atoms with Crippen molar-refractivity contribution in [2.75, 3.05) is 0 Å². The standard InChI is InChI=1S/C17H19NO2S/c1-3-7-15(13-8-5-4-6-9-13)18-17(20)14-10-16(12(2)19)21-11-14/h4-6,8-11,15H,3,7H2,1-2H3,(H,18,20)/t15-/m0/s1. The van der Waals surface area contributed by atoms with E-state index in [0.717, 1.165) is 18.4 Å². The molecule has 1 atom stereocenters. The number of Topliss-reactive ketones (excluding diaryl/α,β-unsaturated/α-hetero) is 1. The second-order valence-electron chi connectivity index (χ2n) is 4.98. The third-order valence-corrected chi connectivity index (χ3v) is 4.32. The van der Waals surface area contributed by atoms with Gasteiger partial charge in [0.05, 0.1) is 16.5 Å². The molecule has 21 heavy (non-hydrogen) atoms. The number of carbonyl (C=O) groups excluding carboxylic acids is 2. The van der Waals surface area contributed by atoms with E-state index in [0.29, 0.717) is 10.4 Å². The molecule has 4 heteroatoms. The van der Waals surface area contributed by atoms with E-state index in [4.69, 9.17) is 0 Å². The lowest BCUT2D eigenvalue weighted by Crippen LogP contribution is -2.28. The molecule has 0 radical (unpaired) electrons. The van der Waals surface area contributed by atoms with Crippen LogP contribution in [-0.2, 0) is 0 Å². The number of rotatable bonds is 6. The van der Waals surface area contributed by atoms with Gasteiger partial charge in [-0.05, 0) is 25.0 Å². The molecule has 0 aliphatic heterocycles. The molecule has 0 bridgehead atoms. The maximum absolute atomic E-state index is 12.3. The Bertz CT molecular complexity index is 619. The van der Waals surface area contributed by atoms with Crippen molar-refractivity contribution < 1.29 is 9.59 Å². The highest BCUT2D eigenvalue weighted by molar-refractivity contribution is 7.12. The van der Waals surface area contributed by atoms with Gasteiger partial charge in [0.1, 0.15) is 0 Å². The van der Waals surface area contributed by atoms with Gasteiger partial charge in [0.15, 0.2) is 5.78 Å². The van der Waals surface area contributed by atoms with Gasteiger partial charge in [-0.25, -0.2) is 0 Å². The summed E-state index contributed by atoms with van der Waals surface area (Å²) in [6.45, 7) is 3.61. The number of nitrogens with one attached hydrogen (secondary N) is 1. The van der Waals surface area contributed by atoms with Crippen LogP contribution in [0.3, 0.4) is 0 Å². The third-order valence-electron chi connectivity index (χ3n) is 3.29.